The summed E-state index contributed by atoms with van der Waals surface area (Å²) in [4.78, 5) is 11.7. The number of rotatable bonds is 5. The molecule has 3 N–H and O–H groups in total. The monoisotopic (exact) mass is 314 g/mol. The molecule has 0 spiro atoms. The second-order valence-electron chi connectivity index (χ2n) is 5.26. The Balaban J connectivity index is 2.22. The molecule has 18 heavy (non-hydrogen) atoms. The number of aryl methyl sites for hydroxylation is 1. The highest BCUT2D eigenvalue weighted by molar-refractivity contribution is 9.10. The largest absolute Gasteiger partial charge is 0.368 e. The smallest absolute Gasteiger partial charge is 0.239 e. The van der Waals surface area contributed by atoms with E-state index < -0.39 is 5.54 Å². The Hall–Kier alpha value is -0.880. The summed E-state index contributed by atoms with van der Waals surface area (Å²) in [6.45, 7) is 6.21. The first-order valence-electron chi connectivity index (χ1n) is 6.10. The van der Waals surface area contributed by atoms with Crippen LogP contribution in [-0.2, 0) is 11.3 Å². The lowest BCUT2D eigenvalue weighted by atomic mass is 10.0. The maximum absolute atomic E-state index is 11.7. The molecule has 1 unspecified atom stereocenters. The van der Waals surface area contributed by atoms with Crippen molar-refractivity contribution < 1.29 is 4.79 Å². The van der Waals surface area contributed by atoms with Crippen molar-refractivity contribution in [2.75, 3.05) is 0 Å². The van der Waals surface area contributed by atoms with E-state index in [1.165, 1.54) is 0 Å². The van der Waals surface area contributed by atoms with Crippen molar-refractivity contribution in [1.82, 2.24) is 15.1 Å². The van der Waals surface area contributed by atoms with Crippen LogP contribution >= 0.6 is 15.9 Å². The molecule has 0 aromatic carbocycles. The van der Waals surface area contributed by atoms with Crippen molar-refractivity contribution >= 4 is 21.8 Å². The number of nitrogens with one attached hydrogen (secondary N) is 1. The average Bonchev–Trinajstić information content (AvgIpc) is 3.05. The van der Waals surface area contributed by atoms with Gasteiger partial charge in [-0.05, 0) is 49.5 Å². The number of carbonyl (C=O) groups excluding carboxylic acids is 1. The standard InChI is InChI=1S/C12H19BrN4O/c1-7-10(13)8(2)17(16-7)6-12(3,11(14)18)15-9-4-5-9/h9,15H,4-6H2,1-3H3,(H2,14,18). The van der Waals surface area contributed by atoms with Crippen molar-refractivity contribution in [2.45, 2.75) is 51.7 Å². The lowest BCUT2D eigenvalue weighted by molar-refractivity contribution is -0.124. The van der Waals surface area contributed by atoms with Crippen LogP contribution in [0.5, 0.6) is 0 Å². The summed E-state index contributed by atoms with van der Waals surface area (Å²) in [5.41, 5.74) is 6.72. The summed E-state index contributed by atoms with van der Waals surface area (Å²) in [5, 5.41) is 7.75. The summed E-state index contributed by atoms with van der Waals surface area (Å²) in [5.74, 6) is -0.335. The Labute approximate surface area is 115 Å². The highest BCUT2D eigenvalue weighted by Crippen LogP contribution is 2.25. The molecule has 1 aromatic rings. The lowest BCUT2D eigenvalue weighted by Crippen LogP contribution is -2.56. The minimum atomic E-state index is -0.746. The van der Waals surface area contributed by atoms with Crippen molar-refractivity contribution in [1.29, 1.82) is 0 Å². The van der Waals surface area contributed by atoms with Gasteiger partial charge in [0.25, 0.3) is 0 Å². The predicted molar refractivity (Wildman–Crippen MR) is 73.2 cm³/mol. The summed E-state index contributed by atoms with van der Waals surface area (Å²) < 4.78 is 2.82. The van der Waals surface area contributed by atoms with E-state index in [0.717, 1.165) is 28.7 Å². The molecule has 0 aliphatic heterocycles. The lowest BCUT2D eigenvalue weighted by Gasteiger charge is -2.28. The first kappa shape index (κ1) is 13.5. The number of nitrogens with two attached hydrogens (primary N) is 1. The molecular formula is C12H19BrN4O. The molecule has 1 aromatic heterocycles. The van der Waals surface area contributed by atoms with Gasteiger partial charge in [-0.25, -0.2) is 0 Å². The summed E-state index contributed by atoms with van der Waals surface area (Å²) in [7, 11) is 0. The van der Waals surface area contributed by atoms with Crippen molar-refractivity contribution in [2.24, 2.45) is 5.73 Å². The van der Waals surface area contributed by atoms with E-state index in [1.807, 2.05) is 25.5 Å². The van der Waals surface area contributed by atoms with Gasteiger partial charge in [0, 0.05) is 11.7 Å². The Bertz CT molecular complexity index is 481. The maximum atomic E-state index is 11.7. The highest BCUT2D eigenvalue weighted by atomic mass is 79.9. The Morgan fingerprint density at radius 3 is 2.61 bits per heavy atom. The third kappa shape index (κ3) is 2.59. The van der Waals surface area contributed by atoms with E-state index >= 15 is 0 Å². The summed E-state index contributed by atoms with van der Waals surface area (Å²) >= 11 is 3.49. The van der Waals surface area contributed by atoms with Gasteiger partial charge in [0.15, 0.2) is 0 Å². The number of amides is 1. The van der Waals surface area contributed by atoms with Crippen LogP contribution in [-0.4, -0.2) is 27.3 Å². The van der Waals surface area contributed by atoms with Gasteiger partial charge < -0.3 is 5.73 Å². The van der Waals surface area contributed by atoms with E-state index in [-0.39, 0.29) is 5.91 Å². The molecule has 0 bridgehead atoms. The molecule has 1 atom stereocenters. The SMILES string of the molecule is Cc1nn(CC(C)(NC2CC2)C(N)=O)c(C)c1Br. The molecule has 1 amide bonds. The van der Waals surface area contributed by atoms with Crippen LogP contribution in [0, 0.1) is 13.8 Å². The topological polar surface area (TPSA) is 72.9 Å². The maximum Gasteiger partial charge on any atom is 0.239 e. The first-order chi connectivity index (χ1) is 8.33. The Morgan fingerprint density at radius 2 is 2.22 bits per heavy atom. The van der Waals surface area contributed by atoms with E-state index in [2.05, 4.69) is 26.3 Å². The number of aromatic nitrogens is 2. The fraction of sp³-hybridized carbons (Fsp3) is 0.667. The predicted octanol–water partition coefficient (Wildman–Crippen LogP) is 1.26. The molecule has 0 saturated heterocycles. The number of primary amides is 1. The molecule has 6 heteroatoms. The molecule has 1 fully saturated rings. The number of nitrogens with zero attached hydrogens (tertiary/aromatic N) is 2. The molecule has 0 radical (unpaired) electrons. The molecule has 1 saturated carbocycles. The van der Waals surface area contributed by atoms with Gasteiger partial charge in [-0.15, -0.1) is 0 Å². The number of hydrogen-bond donors (Lipinski definition) is 2. The molecule has 2 rings (SSSR count). The molecule has 1 aliphatic rings. The Kier molecular flexibility index (Phi) is 3.51. The van der Waals surface area contributed by atoms with E-state index in [4.69, 9.17) is 5.73 Å². The second-order valence-corrected chi connectivity index (χ2v) is 6.05. The van der Waals surface area contributed by atoms with E-state index in [1.54, 1.807) is 0 Å². The zero-order chi connectivity index (χ0) is 13.5. The number of hydrogen-bond acceptors (Lipinski definition) is 3. The summed E-state index contributed by atoms with van der Waals surface area (Å²) in [6.07, 6.45) is 2.23. The normalized spacial score (nSPS) is 18.7. The van der Waals surface area contributed by atoms with Crippen LogP contribution < -0.4 is 11.1 Å². The summed E-state index contributed by atoms with van der Waals surface area (Å²) in [6, 6.07) is 0.419. The van der Waals surface area contributed by atoms with Crippen LogP contribution in [0.2, 0.25) is 0 Å². The van der Waals surface area contributed by atoms with Gasteiger partial charge in [0.05, 0.1) is 16.7 Å². The van der Waals surface area contributed by atoms with Gasteiger partial charge in [0.1, 0.15) is 5.54 Å². The zero-order valence-electron chi connectivity index (χ0n) is 11.0. The van der Waals surface area contributed by atoms with Gasteiger partial charge in [-0.1, -0.05) is 0 Å². The quantitative estimate of drug-likeness (QED) is 0.859. The van der Waals surface area contributed by atoms with E-state index in [9.17, 15) is 4.79 Å². The van der Waals surface area contributed by atoms with Gasteiger partial charge in [-0.2, -0.15) is 5.10 Å². The molecule has 100 valence electrons. The fourth-order valence-corrected chi connectivity index (χ4v) is 2.29. The minimum Gasteiger partial charge on any atom is -0.368 e. The minimum absolute atomic E-state index is 0.335. The number of carbonyl (C=O) groups is 1. The van der Waals surface area contributed by atoms with Crippen molar-refractivity contribution in [3.63, 3.8) is 0 Å². The van der Waals surface area contributed by atoms with Crippen LogP contribution in [0.3, 0.4) is 0 Å². The molecular weight excluding hydrogens is 296 g/mol. The zero-order valence-corrected chi connectivity index (χ0v) is 12.5. The van der Waals surface area contributed by atoms with Gasteiger partial charge >= 0.3 is 0 Å². The van der Waals surface area contributed by atoms with E-state index in [0.29, 0.717) is 12.6 Å². The van der Waals surface area contributed by atoms with Crippen molar-refractivity contribution in [3.8, 4) is 0 Å². The second kappa shape index (κ2) is 4.66. The fourth-order valence-electron chi connectivity index (χ4n) is 2.00. The van der Waals surface area contributed by atoms with Crippen LogP contribution in [0.4, 0.5) is 0 Å². The molecule has 1 aliphatic carbocycles. The van der Waals surface area contributed by atoms with Crippen LogP contribution in [0.1, 0.15) is 31.2 Å². The number of halogens is 1. The third-order valence-corrected chi connectivity index (χ3v) is 4.55. The third-order valence-electron chi connectivity index (χ3n) is 3.40. The molecule has 5 nitrogen and oxygen atoms in total. The van der Waals surface area contributed by atoms with Gasteiger partial charge in [-0.3, -0.25) is 14.8 Å². The van der Waals surface area contributed by atoms with Crippen LogP contribution in [0.15, 0.2) is 4.47 Å². The van der Waals surface area contributed by atoms with Crippen LogP contribution in [0.25, 0.3) is 0 Å². The van der Waals surface area contributed by atoms with Gasteiger partial charge in [0.2, 0.25) is 5.91 Å². The highest BCUT2D eigenvalue weighted by Gasteiger charge is 2.38. The Morgan fingerprint density at radius 1 is 1.61 bits per heavy atom. The van der Waals surface area contributed by atoms with Crippen molar-refractivity contribution in [3.05, 3.63) is 15.9 Å². The average molecular weight is 315 g/mol. The first-order valence-corrected chi connectivity index (χ1v) is 6.90. The molecule has 1 heterocycles.